The van der Waals surface area contributed by atoms with Crippen molar-refractivity contribution in [1.29, 1.82) is 0 Å². The molecule has 0 aliphatic rings. The summed E-state index contributed by atoms with van der Waals surface area (Å²) in [5.74, 6) is -0.424. The third kappa shape index (κ3) is 4.22. The predicted octanol–water partition coefficient (Wildman–Crippen LogP) is 2.56. The van der Waals surface area contributed by atoms with Crippen molar-refractivity contribution in [2.75, 3.05) is 13.2 Å². The molecule has 0 aliphatic heterocycles. The molecule has 1 aromatic heterocycles. The molecule has 0 radical (unpaired) electrons. The highest BCUT2D eigenvalue weighted by Crippen LogP contribution is 2.25. The third-order valence-corrected chi connectivity index (χ3v) is 4.42. The average molecular weight is 362 g/mol. The van der Waals surface area contributed by atoms with Gasteiger partial charge in [-0.25, -0.2) is 4.39 Å². The van der Waals surface area contributed by atoms with Crippen molar-refractivity contribution < 1.29 is 13.9 Å². The monoisotopic (exact) mass is 362 g/mol. The van der Waals surface area contributed by atoms with Crippen molar-refractivity contribution in [3.05, 3.63) is 46.5 Å². The lowest BCUT2D eigenvalue weighted by Crippen LogP contribution is -2.37. The molecule has 0 unspecified atom stereocenters. The van der Waals surface area contributed by atoms with E-state index in [1.807, 2.05) is 34.7 Å². The minimum atomic E-state index is -0.481. The number of hydrogen-bond donors (Lipinski definition) is 1. The number of halogens is 1. The van der Waals surface area contributed by atoms with Crippen molar-refractivity contribution in [3.8, 4) is 5.75 Å². The topological polar surface area (TPSA) is 73.4 Å². The number of ether oxygens (including phenoxy) is 1. The molecule has 0 fully saturated rings. The zero-order valence-electron chi connectivity index (χ0n) is 16.0. The van der Waals surface area contributed by atoms with Gasteiger partial charge in [0.2, 0.25) is 0 Å². The zero-order valence-corrected chi connectivity index (χ0v) is 16.0. The number of aryl methyl sites for hydroxylation is 2. The van der Waals surface area contributed by atoms with Crippen LogP contribution < -0.4 is 10.5 Å². The Hall–Kier alpha value is -2.41. The van der Waals surface area contributed by atoms with Crippen LogP contribution in [0.1, 0.15) is 41.2 Å². The van der Waals surface area contributed by atoms with Crippen LogP contribution in [0, 0.1) is 19.7 Å². The van der Waals surface area contributed by atoms with E-state index >= 15 is 0 Å². The van der Waals surface area contributed by atoms with Crippen LogP contribution in [0.3, 0.4) is 0 Å². The van der Waals surface area contributed by atoms with E-state index in [2.05, 4.69) is 5.10 Å². The highest BCUT2D eigenvalue weighted by Gasteiger charge is 2.25. The fourth-order valence-electron chi connectivity index (χ4n) is 2.82. The molecule has 0 saturated heterocycles. The summed E-state index contributed by atoms with van der Waals surface area (Å²) in [6, 6.07) is 3.88. The first-order valence-electron chi connectivity index (χ1n) is 8.68. The zero-order chi connectivity index (χ0) is 19.4. The summed E-state index contributed by atoms with van der Waals surface area (Å²) < 4.78 is 21.1. The van der Waals surface area contributed by atoms with Crippen LogP contribution >= 0.6 is 0 Å². The number of carbonyl (C=O) groups excluding carboxylic acids is 1. The van der Waals surface area contributed by atoms with Gasteiger partial charge in [-0.15, -0.1) is 0 Å². The lowest BCUT2D eigenvalue weighted by molar-refractivity contribution is 0.0685. The minimum absolute atomic E-state index is 0.0767. The van der Waals surface area contributed by atoms with Crippen LogP contribution in [0.4, 0.5) is 4.39 Å². The lowest BCUT2D eigenvalue weighted by atomic mass is 10.1. The van der Waals surface area contributed by atoms with Gasteiger partial charge in [0, 0.05) is 37.4 Å². The number of rotatable bonds is 7. The van der Waals surface area contributed by atoms with Crippen molar-refractivity contribution in [2.45, 2.75) is 40.3 Å². The van der Waals surface area contributed by atoms with E-state index in [-0.39, 0.29) is 24.1 Å². The van der Waals surface area contributed by atoms with Gasteiger partial charge in [-0.3, -0.25) is 9.48 Å². The molecular formula is C19H27FN4O2. The van der Waals surface area contributed by atoms with Gasteiger partial charge in [0.25, 0.3) is 5.91 Å². The first-order chi connectivity index (χ1) is 12.3. The highest BCUT2D eigenvalue weighted by atomic mass is 19.1. The number of hydrogen-bond acceptors (Lipinski definition) is 4. The molecule has 142 valence electrons. The van der Waals surface area contributed by atoms with Gasteiger partial charge in [0.15, 0.2) is 0 Å². The van der Waals surface area contributed by atoms with Gasteiger partial charge in [0.05, 0.1) is 11.3 Å². The molecule has 0 spiro atoms. The van der Waals surface area contributed by atoms with Gasteiger partial charge in [-0.1, -0.05) is 0 Å². The van der Waals surface area contributed by atoms with Gasteiger partial charge in [-0.2, -0.15) is 5.10 Å². The molecule has 2 aromatic rings. The van der Waals surface area contributed by atoms with Crippen LogP contribution in [-0.4, -0.2) is 39.8 Å². The van der Waals surface area contributed by atoms with Crippen LogP contribution in [0.15, 0.2) is 18.2 Å². The summed E-state index contributed by atoms with van der Waals surface area (Å²) in [6.45, 7) is 8.72. The molecule has 2 N–H and O–H groups in total. The fourth-order valence-corrected chi connectivity index (χ4v) is 2.82. The normalized spacial score (nSPS) is 11.1. The maximum Gasteiger partial charge on any atom is 0.258 e. The Labute approximate surface area is 153 Å². The second kappa shape index (κ2) is 8.31. The maximum atomic E-state index is 13.8. The Bertz CT molecular complexity index is 786. The number of nitrogens with zero attached hydrogens (tertiary/aromatic N) is 3. The molecule has 0 saturated carbocycles. The summed E-state index contributed by atoms with van der Waals surface area (Å²) in [4.78, 5) is 14.9. The summed E-state index contributed by atoms with van der Waals surface area (Å²) in [6.07, 6.45) is 0. The maximum absolute atomic E-state index is 13.8. The Morgan fingerprint density at radius 3 is 2.62 bits per heavy atom. The van der Waals surface area contributed by atoms with Crippen molar-refractivity contribution in [1.82, 2.24) is 14.7 Å². The molecule has 1 aromatic carbocycles. The third-order valence-electron chi connectivity index (χ3n) is 4.42. The molecule has 7 heteroatoms. The minimum Gasteiger partial charge on any atom is -0.491 e. The first-order valence-corrected chi connectivity index (χ1v) is 8.68. The van der Waals surface area contributed by atoms with Crippen LogP contribution in [0.2, 0.25) is 0 Å². The van der Waals surface area contributed by atoms with E-state index in [1.54, 1.807) is 9.58 Å². The molecule has 0 atom stereocenters. The number of nitrogens with two attached hydrogens (primary N) is 1. The molecule has 1 amide bonds. The molecule has 0 bridgehead atoms. The van der Waals surface area contributed by atoms with E-state index < -0.39 is 5.82 Å². The second-order valence-corrected chi connectivity index (χ2v) is 6.58. The second-order valence-electron chi connectivity index (χ2n) is 6.58. The Morgan fingerprint density at radius 2 is 2.08 bits per heavy atom. The fraction of sp³-hybridized carbons (Fsp3) is 0.474. The molecule has 2 rings (SSSR count). The van der Waals surface area contributed by atoms with E-state index in [0.717, 1.165) is 17.0 Å². The van der Waals surface area contributed by atoms with E-state index in [0.29, 0.717) is 18.8 Å². The van der Waals surface area contributed by atoms with Crippen LogP contribution in [-0.2, 0) is 13.6 Å². The molecular weight excluding hydrogens is 335 g/mol. The van der Waals surface area contributed by atoms with E-state index in [4.69, 9.17) is 10.5 Å². The average Bonchev–Trinajstić information content (AvgIpc) is 2.83. The van der Waals surface area contributed by atoms with Crippen LogP contribution in [0.25, 0.3) is 0 Å². The highest BCUT2D eigenvalue weighted by molar-refractivity contribution is 5.97. The van der Waals surface area contributed by atoms with Gasteiger partial charge in [0.1, 0.15) is 18.2 Å². The standard InChI is InChI=1S/C19H27FN4O2/c1-12(2)24(11-17-13(3)22-23(5)14(17)4)19(25)16-10-15(20)6-7-18(16)26-9-8-21/h6-7,10,12H,8-9,11,21H2,1-5H3. The first kappa shape index (κ1) is 19.9. The molecule has 26 heavy (non-hydrogen) atoms. The largest absolute Gasteiger partial charge is 0.491 e. The molecule has 0 aliphatic carbocycles. The van der Waals surface area contributed by atoms with Crippen molar-refractivity contribution in [3.63, 3.8) is 0 Å². The Morgan fingerprint density at radius 1 is 1.38 bits per heavy atom. The van der Waals surface area contributed by atoms with E-state index in [9.17, 15) is 9.18 Å². The Kier molecular flexibility index (Phi) is 6.37. The number of amides is 1. The van der Waals surface area contributed by atoms with Gasteiger partial charge >= 0.3 is 0 Å². The van der Waals surface area contributed by atoms with Crippen LogP contribution in [0.5, 0.6) is 5.75 Å². The molecule has 6 nitrogen and oxygen atoms in total. The summed E-state index contributed by atoms with van der Waals surface area (Å²) in [7, 11) is 1.87. The van der Waals surface area contributed by atoms with Crippen molar-refractivity contribution in [2.24, 2.45) is 12.8 Å². The van der Waals surface area contributed by atoms with Gasteiger partial charge in [-0.05, 0) is 45.9 Å². The number of benzene rings is 1. The summed E-state index contributed by atoms with van der Waals surface area (Å²) in [5, 5.41) is 4.41. The number of aromatic nitrogens is 2. The predicted molar refractivity (Wildman–Crippen MR) is 98.6 cm³/mol. The van der Waals surface area contributed by atoms with Crippen molar-refractivity contribution >= 4 is 5.91 Å². The summed E-state index contributed by atoms with van der Waals surface area (Å²) >= 11 is 0. The van der Waals surface area contributed by atoms with Gasteiger partial charge < -0.3 is 15.4 Å². The van der Waals surface area contributed by atoms with E-state index in [1.165, 1.54) is 18.2 Å². The summed E-state index contributed by atoms with van der Waals surface area (Å²) in [5.41, 5.74) is 8.55. The number of carbonyl (C=O) groups is 1. The Balaban J connectivity index is 2.38. The lowest BCUT2D eigenvalue weighted by Gasteiger charge is -2.28. The SMILES string of the molecule is Cc1nn(C)c(C)c1CN(C(=O)c1cc(F)ccc1OCCN)C(C)C. The quantitative estimate of drug-likeness (QED) is 0.822. The molecule has 1 heterocycles. The smallest absolute Gasteiger partial charge is 0.258 e.